The predicted molar refractivity (Wildman–Crippen MR) is 52.5 cm³/mol. The van der Waals surface area contributed by atoms with Crippen molar-refractivity contribution in [3.8, 4) is 0 Å². The van der Waals surface area contributed by atoms with Crippen LogP contribution in [-0.4, -0.2) is 4.92 Å². The van der Waals surface area contributed by atoms with Crippen LogP contribution in [0.1, 0.15) is 0 Å². The van der Waals surface area contributed by atoms with E-state index in [2.05, 4.69) is 31.9 Å². The fraction of sp³-hybridized carbons (Fsp3) is 0. The first-order chi connectivity index (χ1) is 5.52. The zero-order valence-electron chi connectivity index (χ0n) is 6.25. The molecule has 4 nitrogen and oxygen atoms in total. The van der Waals surface area contributed by atoms with Crippen LogP contribution < -0.4 is 0 Å². The molecule has 0 aliphatic rings. The number of nitro benzene ring substituents is 1. The molecular weight excluding hydrogens is 519 g/mol. The van der Waals surface area contributed by atoms with Gasteiger partial charge in [0.25, 0.3) is 5.69 Å². The number of hydrogen-bond acceptors (Lipinski definition) is 2. The normalized spacial score (nSPS) is 9.08. The molecule has 67 valence electrons. The molecule has 0 aliphatic carbocycles. The van der Waals surface area contributed by atoms with Crippen LogP contribution in [-0.2, 0) is 0 Å². The third-order valence-electron chi connectivity index (χ3n) is 1.23. The third kappa shape index (κ3) is 3.46. The van der Waals surface area contributed by atoms with E-state index < -0.39 is 4.92 Å². The van der Waals surface area contributed by atoms with Gasteiger partial charge in [0.15, 0.2) is 0 Å². The van der Waals surface area contributed by atoms with Crippen molar-refractivity contribution in [3.05, 3.63) is 36.9 Å². The summed E-state index contributed by atoms with van der Waals surface area (Å²) in [5, 5.41) is 10.4. The smallest absolute Gasteiger partial charge is 0.284 e. The molecule has 0 atom stereocenters. The van der Waals surface area contributed by atoms with Gasteiger partial charge in [0.2, 0.25) is 0 Å². The Labute approximate surface area is 127 Å². The van der Waals surface area contributed by atoms with Crippen molar-refractivity contribution in [2.24, 2.45) is 0 Å². The maximum Gasteiger partial charge on any atom is 0.284 e. The van der Waals surface area contributed by atoms with E-state index in [-0.39, 0.29) is 55.4 Å². The maximum absolute atomic E-state index is 10.4. The molecule has 13 heavy (non-hydrogen) atoms. The molecule has 0 saturated carbocycles. The van der Waals surface area contributed by atoms with Crippen LogP contribution in [0.4, 0.5) is 11.4 Å². The van der Waals surface area contributed by atoms with Crippen molar-refractivity contribution >= 4 is 43.2 Å². The molecule has 0 aromatic heterocycles. The molecule has 1 aromatic carbocycles. The van der Waals surface area contributed by atoms with E-state index in [0.717, 1.165) is 0 Å². The molecule has 0 amide bonds. The average Bonchev–Trinajstić information content (AvgIpc) is 1.96. The largest absolute Gasteiger partial charge is 0.698 e. The van der Waals surface area contributed by atoms with Gasteiger partial charge < -0.3 is 5.73 Å². The van der Waals surface area contributed by atoms with E-state index in [1.165, 1.54) is 12.1 Å². The number of nitrogens with one attached hydrogen (secondary N) is 1. The van der Waals surface area contributed by atoms with Gasteiger partial charge in [-0.15, -0.1) is 5.69 Å². The molecule has 1 rings (SSSR count). The van der Waals surface area contributed by atoms with E-state index in [4.69, 9.17) is 5.73 Å². The van der Waals surface area contributed by atoms with E-state index in [1.54, 1.807) is 0 Å². The van der Waals surface area contributed by atoms with Crippen LogP contribution in [0.25, 0.3) is 5.73 Å². The Kier molecular flexibility index (Phi) is 6.00. The van der Waals surface area contributed by atoms with Crippen molar-refractivity contribution < 1.29 is 49.0 Å². The molecule has 7 heteroatoms. The van der Waals surface area contributed by atoms with E-state index >= 15 is 0 Å². The summed E-state index contributed by atoms with van der Waals surface area (Å²) in [5.74, 6) is 0. The van der Waals surface area contributed by atoms with Gasteiger partial charge >= 0.3 is 0 Å². The predicted octanol–water partition coefficient (Wildman–Crippen LogP) is 3.80. The van der Waals surface area contributed by atoms with Crippen LogP contribution >= 0.6 is 31.9 Å². The summed E-state index contributed by atoms with van der Waals surface area (Å²) in [6.07, 6.45) is 0. The van der Waals surface area contributed by atoms with Crippen LogP contribution in [0.15, 0.2) is 21.1 Å². The molecule has 1 radical (unpaired) electrons. The summed E-state index contributed by atoms with van der Waals surface area (Å²) in [6.45, 7) is 0. The Hall–Kier alpha value is 0.822. The Morgan fingerprint density at radius 1 is 1.31 bits per heavy atom. The average molecular weight is 522 g/mol. The first kappa shape index (κ1) is 13.8. The van der Waals surface area contributed by atoms with Crippen LogP contribution in [0, 0.1) is 54.2 Å². The summed E-state index contributed by atoms with van der Waals surface area (Å²) in [5.41, 5.74) is 7.47. The molecule has 0 heterocycles. The molecule has 0 bridgehead atoms. The number of halogens is 2. The van der Waals surface area contributed by atoms with Crippen molar-refractivity contribution in [2.45, 2.75) is 0 Å². The molecular formula is C6H3AcBr2N2O2-. The fourth-order valence-electron chi connectivity index (χ4n) is 0.676. The molecule has 1 N–H and O–H groups in total. The van der Waals surface area contributed by atoms with Crippen molar-refractivity contribution in [2.75, 3.05) is 0 Å². The van der Waals surface area contributed by atoms with Gasteiger partial charge in [-0.25, -0.2) is 0 Å². The SMILES string of the molecule is [Ac].[NH-]c1cc(Br)c([N+](=O)[O-])cc1Br. The van der Waals surface area contributed by atoms with E-state index in [9.17, 15) is 10.1 Å². The van der Waals surface area contributed by atoms with Gasteiger partial charge in [0.05, 0.1) is 9.40 Å². The topological polar surface area (TPSA) is 66.9 Å². The first-order valence-corrected chi connectivity index (χ1v) is 4.46. The Morgan fingerprint density at radius 2 is 1.85 bits per heavy atom. The third-order valence-corrected chi connectivity index (χ3v) is 2.52. The second-order valence-corrected chi connectivity index (χ2v) is 3.75. The second kappa shape index (κ2) is 5.64. The second-order valence-electron chi connectivity index (χ2n) is 2.04. The summed E-state index contributed by atoms with van der Waals surface area (Å²) in [4.78, 5) is 9.87. The van der Waals surface area contributed by atoms with Gasteiger partial charge in [-0.3, -0.25) is 10.1 Å². The Morgan fingerprint density at radius 3 is 2.31 bits per heavy atom. The minimum Gasteiger partial charge on any atom is -0.698 e. The summed E-state index contributed by atoms with van der Waals surface area (Å²) < 4.78 is 0.734. The molecule has 0 fully saturated rings. The Bertz CT molecular complexity index is 346. The van der Waals surface area contributed by atoms with Crippen molar-refractivity contribution in [1.82, 2.24) is 0 Å². The molecule has 0 aliphatic heterocycles. The van der Waals surface area contributed by atoms with Gasteiger partial charge in [-0.2, -0.15) is 0 Å². The molecule has 0 spiro atoms. The van der Waals surface area contributed by atoms with Crippen LogP contribution in [0.3, 0.4) is 0 Å². The Balaban J connectivity index is 0.00000144. The van der Waals surface area contributed by atoms with Crippen molar-refractivity contribution in [3.63, 3.8) is 0 Å². The number of nitrogens with zero attached hydrogens (tertiary/aromatic N) is 1. The molecule has 0 unspecified atom stereocenters. The first-order valence-electron chi connectivity index (χ1n) is 2.87. The van der Waals surface area contributed by atoms with Gasteiger partial charge in [-0.05, 0) is 15.9 Å². The zero-order valence-corrected chi connectivity index (χ0v) is 14.2. The quantitative estimate of drug-likeness (QED) is 0.417. The van der Waals surface area contributed by atoms with Gasteiger partial charge in [0, 0.05) is 54.6 Å². The van der Waals surface area contributed by atoms with Gasteiger partial charge in [-0.1, -0.05) is 22.0 Å². The number of rotatable bonds is 1. The minimum absolute atomic E-state index is 0. The summed E-state index contributed by atoms with van der Waals surface area (Å²) >= 11 is 6.04. The standard InChI is InChI=1S/C6H3Br2N2O2.Ac/c7-3-2-6(10(11)12)4(8)1-5(3)9;/h1-2,9H;/q-1;. The summed E-state index contributed by atoms with van der Waals surface area (Å²) in [7, 11) is 0. The molecule has 1 aromatic rings. The van der Waals surface area contributed by atoms with E-state index in [1.807, 2.05) is 0 Å². The fourth-order valence-corrected chi connectivity index (χ4v) is 1.50. The van der Waals surface area contributed by atoms with Crippen molar-refractivity contribution in [1.29, 1.82) is 0 Å². The van der Waals surface area contributed by atoms with Crippen LogP contribution in [0.2, 0.25) is 0 Å². The number of hydrogen-bond donors (Lipinski definition) is 0. The monoisotopic (exact) mass is 520 g/mol. The van der Waals surface area contributed by atoms with Gasteiger partial charge in [0.1, 0.15) is 0 Å². The molecule has 0 saturated heterocycles. The maximum atomic E-state index is 10.4. The summed E-state index contributed by atoms with van der Waals surface area (Å²) in [6, 6.07) is 2.68. The number of nitro groups is 1. The minimum atomic E-state index is -0.506. The van der Waals surface area contributed by atoms with E-state index in [0.29, 0.717) is 8.95 Å². The van der Waals surface area contributed by atoms with Crippen LogP contribution in [0.5, 0.6) is 0 Å². The number of benzene rings is 1. The zero-order chi connectivity index (χ0) is 9.30.